The van der Waals surface area contributed by atoms with Crippen molar-refractivity contribution < 1.29 is 4.79 Å². The van der Waals surface area contributed by atoms with Gasteiger partial charge in [-0.25, -0.2) is 4.98 Å². The molecule has 0 saturated heterocycles. The average Bonchev–Trinajstić information content (AvgIpc) is 3.09. The molecule has 0 unspecified atom stereocenters. The molecule has 0 aliphatic rings. The number of aromatic nitrogens is 4. The van der Waals surface area contributed by atoms with Crippen LogP contribution in [0.1, 0.15) is 16.2 Å². The van der Waals surface area contributed by atoms with Gasteiger partial charge in [0.25, 0.3) is 5.91 Å². The molecule has 20 heavy (non-hydrogen) atoms. The van der Waals surface area contributed by atoms with Gasteiger partial charge in [0.2, 0.25) is 5.13 Å². The molecule has 7 heteroatoms. The van der Waals surface area contributed by atoms with Gasteiger partial charge in [-0.1, -0.05) is 30.3 Å². The molecule has 2 N–H and O–H groups in total. The summed E-state index contributed by atoms with van der Waals surface area (Å²) in [5.74, 6) is 0.384. The molecule has 0 atom stereocenters. The van der Waals surface area contributed by atoms with Crippen molar-refractivity contribution in [3.05, 3.63) is 47.9 Å². The summed E-state index contributed by atoms with van der Waals surface area (Å²) in [5, 5.41) is 10.00. The van der Waals surface area contributed by atoms with E-state index in [0.29, 0.717) is 22.2 Å². The molecule has 0 radical (unpaired) electrons. The van der Waals surface area contributed by atoms with Gasteiger partial charge >= 0.3 is 0 Å². The van der Waals surface area contributed by atoms with Crippen LogP contribution in [0.5, 0.6) is 0 Å². The lowest BCUT2D eigenvalue weighted by Crippen LogP contribution is -2.12. The predicted molar refractivity (Wildman–Crippen MR) is 76.6 cm³/mol. The molecule has 0 aliphatic heterocycles. The molecule has 0 spiro atoms. The number of hydrogen-bond acceptors (Lipinski definition) is 5. The highest BCUT2D eigenvalue weighted by atomic mass is 32.1. The Morgan fingerprint density at radius 3 is 2.80 bits per heavy atom. The molecule has 2 aromatic heterocycles. The van der Waals surface area contributed by atoms with Crippen LogP contribution in [0.4, 0.5) is 5.13 Å². The van der Waals surface area contributed by atoms with Crippen molar-refractivity contribution in [3.8, 4) is 11.3 Å². The third-order valence-electron chi connectivity index (χ3n) is 2.69. The summed E-state index contributed by atoms with van der Waals surface area (Å²) in [5.41, 5.74) is 2.07. The Morgan fingerprint density at radius 2 is 2.10 bits per heavy atom. The minimum atomic E-state index is -0.256. The molecule has 3 rings (SSSR count). The van der Waals surface area contributed by atoms with Gasteiger partial charge in [0.15, 0.2) is 0 Å². The van der Waals surface area contributed by atoms with Crippen LogP contribution in [0.3, 0.4) is 0 Å². The molecule has 0 fully saturated rings. The zero-order valence-electron chi connectivity index (χ0n) is 10.6. The molecule has 100 valence electrons. The van der Waals surface area contributed by atoms with Gasteiger partial charge in [-0.05, 0) is 6.92 Å². The number of benzene rings is 1. The number of H-pyrrole nitrogens is 1. The van der Waals surface area contributed by atoms with Gasteiger partial charge in [0.05, 0.1) is 17.5 Å². The predicted octanol–water partition coefficient (Wildman–Crippen LogP) is 2.49. The van der Waals surface area contributed by atoms with Crippen LogP contribution in [0.2, 0.25) is 0 Å². The number of nitrogens with one attached hydrogen (secondary N) is 2. The van der Waals surface area contributed by atoms with Crippen LogP contribution in [0, 0.1) is 6.92 Å². The first-order chi connectivity index (χ1) is 9.74. The van der Waals surface area contributed by atoms with E-state index in [2.05, 4.69) is 24.9 Å². The second kappa shape index (κ2) is 5.22. The number of aromatic amines is 1. The van der Waals surface area contributed by atoms with E-state index in [9.17, 15) is 4.79 Å². The van der Waals surface area contributed by atoms with E-state index in [1.54, 1.807) is 6.92 Å². The molecule has 3 aromatic rings. The number of rotatable bonds is 3. The van der Waals surface area contributed by atoms with E-state index in [-0.39, 0.29) is 5.91 Å². The number of aryl methyl sites for hydroxylation is 1. The number of carbonyl (C=O) groups excluding carboxylic acids is 1. The van der Waals surface area contributed by atoms with Gasteiger partial charge in [-0.2, -0.15) is 9.47 Å². The van der Waals surface area contributed by atoms with Crippen molar-refractivity contribution in [2.24, 2.45) is 0 Å². The van der Waals surface area contributed by atoms with E-state index in [4.69, 9.17) is 0 Å². The topological polar surface area (TPSA) is 83.6 Å². The lowest BCUT2D eigenvalue weighted by atomic mass is 10.1. The second-order valence-electron chi connectivity index (χ2n) is 4.13. The Hall–Kier alpha value is -2.54. The van der Waals surface area contributed by atoms with Crippen LogP contribution >= 0.6 is 11.5 Å². The van der Waals surface area contributed by atoms with E-state index >= 15 is 0 Å². The Bertz CT molecular complexity index is 734. The molecule has 0 aliphatic carbocycles. The number of nitrogens with zero attached hydrogens (tertiary/aromatic N) is 3. The zero-order valence-corrected chi connectivity index (χ0v) is 11.4. The summed E-state index contributed by atoms with van der Waals surface area (Å²) in [7, 11) is 0. The molecular weight excluding hydrogens is 274 g/mol. The number of hydrogen-bond donors (Lipinski definition) is 2. The zero-order chi connectivity index (χ0) is 13.9. The lowest BCUT2D eigenvalue weighted by molar-refractivity contribution is 0.102. The fourth-order valence-corrected chi connectivity index (χ4v) is 2.37. The first-order valence-electron chi connectivity index (χ1n) is 5.94. The van der Waals surface area contributed by atoms with Crippen molar-refractivity contribution in [3.63, 3.8) is 0 Å². The highest BCUT2D eigenvalue weighted by Gasteiger charge is 2.16. The minimum absolute atomic E-state index is 0.256. The third-order valence-corrected chi connectivity index (χ3v) is 3.42. The Balaban J connectivity index is 1.88. The Kier molecular flexibility index (Phi) is 3.26. The SMILES string of the molecule is Cc1nsc(NC(=O)c2cn[nH]c2-c2ccccc2)n1. The van der Waals surface area contributed by atoms with Crippen LogP contribution in [-0.4, -0.2) is 25.5 Å². The van der Waals surface area contributed by atoms with Crippen molar-refractivity contribution in [2.75, 3.05) is 5.32 Å². The van der Waals surface area contributed by atoms with Crippen molar-refractivity contribution in [1.29, 1.82) is 0 Å². The fraction of sp³-hybridized carbons (Fsp3) is 0.0769. The number of amides is 1. The second-order valence-corrected chi connectivity index (χ2v) is 4.88. The number of anilines is 1. The van der Waals surface area contributed by atoms with Gasteiger partial charge < -0.3 is 0 Å². The van der Waals surface area contributed by atoms with Crippen molar-refractivity contribution in [1.82, 2.24) is 19.6 Å². The quantitative estimate of drug-likeness (QED) is 0.774. The molecule has 6 nitrogen and oxygen atoms in total. The van der Waals surface area contributed by atoms with Gasteiger partial charge in [0.1, 0.15) is 5.82 Å². The van der Waals surface area contributed by atoms with Gasteiger partial charge in [-0.3, -0.25) is 15.2 Å². The maximum absolute atomic E-state index is 12.2. The lowest BCUT2D eigenvalue weighted by Gasteiger charge is -2.02. The standard InChI is InChI=1S/C13H11N5OS/c1-8-15-13(20-18-8)16-12(19)10-7-14-17-11(10)9-5-3-2-4-6-9/h2-7H,1H3,(H,14,17)(H,15,16,18,19). The van der Waals surface area contributed by atoms with E-state index < -0.39 is 0 Å². The maximum Gasteiger partial charge on any atom is 0.261 e. The summed E-state index contributed by atoms with van der Waals surface area (Å²) >= 11 is 1.15. The van der Waals surface area contributed by atoms with Crippen molar-refractivity contribution in [2.45, 2.75) is 6.92 Å². The number of carbonyl (C=O) groups is 1. The Morgan fingerprint density at radius 1 is 1.30 bits per heavy atom. The van der Waals surface area contributed by atoms with Crippen LogP contribution in [0.25, 0.3) is 11.3 Å². The molecule has 2 heterocycles. The molecule has 1 amide bonds. The summed E-state index contributed by atoms with van der Waals surface area (Å²) in [6, 6.07) is 9.57. The first kappa shape index (κ1) is 12.5. The highest BCUT2D eigenvalue weighted by molar-refractivity contribution is 7.09. The van der Waals surface area contributed by atoms with Crippen LogP contribution in [0.15, 0.2) is 36.5 Å². The average molecular weight is 285 g/mol. The van der Waals surface area contributed by atoms with Crippen molar-refractivity contribution >= 4 is 22.6 Å². The molecular formula is C13H11N5OS. The summed E-state index contributed by atoms with van der Waals surface area (Å²) < 4.78 is 4.02. The summed E-state index contributed by atoms with van der Waals surface area (Å²) in [6.07, 6.45) is 1.51. The first-order valence-corrected chi connectivity index (χ1v) is 6.72. The monoisotopic (exact) mass is 285 g/mol. The van der Waals surface area contributed by atoms with Gasteiger partial charge in [-0.15, -0.1) is 0 Å². The fourth-order valence-electron chi connectivity index (χ4n) is 1.80. The third kappa shape index (κ3) is 2.43. The van der Waals surface area contributed by atoms with Crippen LogP contribution < -0.4 is 5.32 Å². The summed E-state index contributed by atoms with van der Waals surface area (Å²) in [6.45, 7) is 1.78. The molecule has 0 saturated carbocycles. The minimum Gasteiger partial charge on any atom is -0.296 e. The normalized spacial score (nSPS) is 10.4. The van der Waals surface area contributed by atoms with E-state index in [1.807, 2.05) is 30.3 Å². The largest absolute Gasteiger partial charge is 0.296 e. The highest BCUT2D eigenvalue weighted by Crippen LogP contribution is 2.22. The maximum atomic E-state index is 12.2. The van der Waals surface area contributed by atoms with E-state index in [0.717, 1.165) is 17.1 Å². The molecule has 0 bridgehead atoms. The van der Waals surface area contributed by atoms with Crippen LogP contribution in [-0.2, 0) is 0 Å². The Labute approximate surface area is 119 Å². The summed E-state index contributed by atoms with van der Waals surface area (Å²) in [4.78, 5) is 16.4. The van der Waals surface area contributed by atoms with E-state index in [1.165, 1.54) is 6.20 Å². The van der Waals surface area contributed by atoms with Gasteiger partial charge in [0, 0.05) is 17.1 Å². The smallest absolute Gasteiger partial charge is 0.261 e. The molecule has 1 aromatic carbocycles.